The van der Waals surface area contributed by atoms with Gasteiger partial charge in [0, 0.05) is 19.4 Å². The number of cyclic esters (lactones) is 2. The summed E-state index contributed by atoms with van der Waals surface area (Å²) in [4.78, 5) is 23.0. The van der Waals surface area contributed by atoms with Crippen LogP contribution in [0.5, 0.6) is 0 Å². The van der Waals surface area contributed by atoms with E-state index in [0.29, 0.717) is 5.56 Å². The van der Waals surface area contributed by atoms with E-state index in [0.717, 1.165) is 0 Å². The molecule has 1 saturated heterocycles. The Morgan fingerprint density at radius 2 is 1.81 bits per heavy atom. The molecule has 0 amide bonds. The second kappa shape index (κ2) is 3.52. The molecule has 0 saturated carbocycles. The summed E-state index contributed by atoms with van der Waals surface area (Å²) < 4.78 is 14.7. The zero-order valence-corrected chi connectivity index (χ0v) is 8.85. The minimum Gasteiger partial charge on any atom is -0.472 e. The van der Waals surface area contributed by atoms with Crippen molar-refractivity contribution in [2.75, 3.05) is 0 Å². The minimum absolute atomic E-state index is 0.138. The molecule has 0 unspecified atom stereocenters. The van der Waals surface area contributed by atoms with E-state index in [4.69, 9.17) is 13.9 Å². The van der Waals surface area contributed by atoms with E-state index in [1.54, 1.807) is 6.07 Å². The van der Waals surface area contributed by atoms with Crippen molar-refractivity contribution in [2.45, 2.75) is 19.6 Å². The molecule has 1 aromatic rings. The van der Waals surface area contributed by atoms with Crippen LogP contribution in [-0.2, 0) is 19.1 Å². The lowest BCUT2D eigenvalue weighted by molar-refractivity contribution is -0.222. The third-order valence-electron chi connectivity index (χ3n) is 1.97. The highest BCUT2D eigenvalue weighted by Crippen LogP contribution is 2.24. The van der Waals surface area contributed by atoms with Crippen LogP contribution >= 0.6 is 0 Å². The van der Waals surface area contributed by atoms with E-state index in [1.807, 2.05) is 0 Å². The molecule has 0 bridgehead atoms. The lowest BCUT2D eigenvalue weighted by Gasteiger charge is -2.29. The summed E-state index contributed by atoms with van der Waals surface area (Å²) >= 11 is 0. The Labute approximate surface area is 91.6 Å². The number of furan rings is 1. The summed E-state index contributed by atoms with van der Waals surface area (Å²) in [6.45, 7) is 2.99. The van der Waals surface area contributed by atoms with Gasteiger partial charge < -0.3 is 13.9 Å². The van der Waals surface area contributed by atoms with Gasteiger partial charge in [0.2, 0.25) is 0 Å². The first-order valence-electron chi connectivity index (χ1n) is 4.68. The molecule has 0 aromatic carbocycles. The maximum absolute atomic E-state index is 11.5. The number of carbonyl (C=O) groups excluding carboxylic acids is 2. The average Bonchev–Trinajstić information content (AvgIpc) is 2.62. The summed E-state index contributed by atoms with van der Waals surface area (Å²) in [6.07, 6.45) is 4.21. The van der Waals surface area contributed by atoms with Crippen LogP contribution in [-0.4, -0.2) is 17.7 Å². The van der Waals surface area contributed by atoms with Gasteiger partial charge in [-0.1, -0.05) is 0 Å². The molecular weight excluding hydrogens is 212 g/mol. The SMILES string of the molecule is CC1(C)OC(=O)C(=Cc2ccoc2)C(=O)O1. The Morgan fingerprint density at radius 1 is 1.19 bits per heavy atom. The third kappa shape index (κ3) is 1.98. The molecule has 1 aliphatic rings. The Hall–Kier alpha value is -2.04. The first-order valence-corrected chi connectivity index (χ1v) is 4.68. The highest BCUT2D eigenvalue weighted by Gasteiger charge is 2.38. The van der Waals surface area contributed by atoms with Crippen LogP contribution in [0.3, 0.4) is 0 Å². The molecule has 0 atom stereocenters. The summed E-state index contributed by atoms with van der Waals surface area (Å²) in [5, 5.41) is 0. The molecule has 16 heavy (non-hydrogen) atoms. The van der Waals surface area contributed by atoms with Crippen molar-refractivity contribution in [3.8, 4) is 0 Å². The van der Waals surface area contributed by atoms with Crippen LogP contribution in [0, 0.1) is 0 Å². The molecule has 1 aromatic heterocycles. The molecule has 0 spiro atoms. The van der Waals surface area contributed by atoms with Gasteiger partial charge >= 0.3 is 11.9 Å². The van der Waals surface area contributed by atoms with Crippen molar-refractivity contribution in [1.29, 1.82) is 0 Å². The number of carbonyl (C=O) groups is 2. The van der Waals surface area contributed by atoms with Gasteiger partial charge in [0.15, 0.2) is 0 Å². The number of ether oxygens (including phenoxy) is 2. The summed E-state index contributed by atoms with van der Waals surface area (Å²) in [7, 11) is 0. The first-order chi connectivity index (χ1) is 7.48. The maximum Gasteiger partial charge on any atom is 0.348 e. The van der Waals surface area contributed by atoms with Gasteiger partial charge in [-0.3, -0.25) is 0 Å². The highest BCUT2D eigenvalue weighted by molar-refractivity contribution is 6.18. The number of hydrogen-bond donors (Lipinski definition) is 0. The van der Waals surface area contributed by atoms with Crippen LogP contribution in [0.25, 0.3) is 6.08 Å². The van der Waals surface area contributed by atoms with E-state index in [-0.39, 0.29) is 5.57 Å². The van der Waals surface area contributed by atoms with Crippen LogP contribution in [0.15, 0.2) is 28.6 Å². The molecular formula is C11H10O5. The zero-order chi connectivity index (χ0) is 11.8. The summed E-state index contributed by atoms with van der Waals surface area (Å²) in [5.74, 6) is -2.59. The van der Waals surface area contributed by atoms with Crippen LogP contribution in [0.1, 0.15) is 19.4 Å². The normalized spacial score (nSPS) is 19.0. The van der Waals surface area contributed by atoms with Gasteiger partial charge in [-0.25, -0.2) is 9.59 Å². The zero-order valence-electron chi connectivity index (χ0n) is 8.85. The van der Waals surface area contributed by atoms with Gasteiger partial charge in [0.1, 0.15) is 5.57 Å². The Balaban J connectivity index is 2.30. The Morgan fingerprint density at radius 3 is 2.31 bits per heavy atom. The topological polar surface area (TPSA) is 65.7 Å². The van der Waals surface area contributed by atoms with Crippen molar-refractivity contribution in [1.82, 2.24) is 0 Å². The van der Waals surface area contributed by atoms with Crippen LogP contribution in [0.2, 0.25) is 0 Å². The van der Waals surface area contributed by atoms with Gasteiger partial charge in [0.05, 0.1) is 12.5 Å². The molecule has 2 heterocycles. The average molecular weight is 222 g/mol. The van der Waals surface area contributed by atoms with Gasteiger partial charge in [-0.15, -0.1) is 0 Å². The Kier molecular flexibility index (Phi) is 2.30. The van der Waals surface area contributed by atoms with E-state index < -0.39 is 17.7 Å². The second-order valence-corrected chi connectivity index (χ2v) is 3.79. The highest BCUT2D eigenvalue weighted by atomic mass is 16.7. The van der Waals surface area contributed by atoms with E-state index in [2.05, 4.69) is 0 Å². The van der Waals surface area contributed by atoms with Crippen molar-refractivity contribution in [2.24, 2.45) is 0 Å². The number of hydrogen-bond acceptors (Lipinski definition) is 5. The van der Waals surface area contributed by atoms with Gasteiger partial charge in [-0.2, -0.15) is 0 Å². The molecule has 0 N–H and O–H groups in total. The number of rotatable bonds is 1. The van der Waals surface area contributed by atoms with Crippen molar-refractivity contribution in [3.05, 3.63) is 29.7 Å². The van der Waals surface area contributed by atoms with E-state index in [9.17, 15) is 9.59 Å². The Bertz CT molecular complexity index is 431. The largest absolute Gasteiger partial charge is 0.472 e. The smallest absolute Gasteiger partial charge is 0.348 e. The van der Waals surface area contributed by atoms with Crippen LogP contribution < -0.4 is 0 Å². The standard InChI is InChI=1S/C11H10O5/c1-11(2)15-9(12)8(10(13)16-11)5-7-3-4-14-6-7/h3-6H,1-2H3. The van der Waals surface area contributed by atoms with Gasteiger partial charge in [-0.05, 0) is 12.1 Å². The molecule has 5 nitrogen and oxygen atoms in total. The maximum atomic E-state index is 11.5. The van der Waals surface area contributed by atoms with E-state index >= 15 is 0 Å². The lowest BCUT2D eigenvalue weighted by Crippen LogP contribution is -2.41. The molecule has 0 aliphatic carbocycles. The third-order valence-corrected chi connectivity index (χ3v) is 1.97. The fourth-order valence-corrected chi connectivity index (χ4v) is 1.30. The molecule has 2 rings (SSSR count). The van der Waals surface area contributed by atoms with Crippen molar-refractivity contribution >= 4 is 18.0 Å². The molecule has 0 radical (unpaired) electrons. The predicted octanol–water partition coefficient (Wildman–Crippen LogP) is 1.50. The summed E-state index contributed by atoms with van der Waals surface area (Å²) in [6, 6.07) is 1.62. The van der Waals surface area contributed by atoms with E-state index in [1.165, 1.54) is 32.4 Å². The minimum atomic E-state index is -1.21. The van der Waals surface area contributed by atoms with Crippen LogP contribution in [0.4, 0.5) is 0 Å². The summed E-state index contributed by atoms with van der Waals surface area (Å²) in [5.41, 5.74) is 0.462. The van der Waals surface area contributed by atoms with Gasteiger partial charge in [0.25, 0.3) is 5.79 Å². The molecule has 84 valence electrons. The quantitative estimate of drug-likeness (QED) is 0.409. The number of esters is 2. The fourth-order valence-electron chi connectivity index (χ4n) is 1.30. The fraction of sp³-hybridized carbons (Fsp3) is 0.273. The van der Waals surface area contributed by atoms with Crippen molar-refractivity contribution < 1.29 is 23.5 Å². The molecule has 5 heteroatoms. The molecule has 1 fully saturated rings. The molecule has 1 aliphatic heterocycles. The lowest BCUT2D eigenvalue weighted by atomic mass is 10.1. The monoisotopic (exact) mass is 222 g/mol. The van der Waals surface area contributed by atoms with Crippen molar-refractivity contribution in [3.63, 3.8) is 0 Å². The second-order valence-electron chi connectivity index (χ2n) is 3.79. The predicted molar refractivity (Wildman–Crippen MR) is 52.9 cm³/mol. The first kappa shape index (κ1) is 10.5.